The van der Waals surface area contributed by atoms with Gasteiger partial charge in [-0.1, -0.05) is 18.6 Å². The molecule has 9 heteroatoms. The van der Waals surface area contributed by atoms with E-state index in [4.69, 9.17) is 4.74 Å². The molecule has 8 nitrogen and oxygen atoms in total. The van der Waals surface area contributed by atoms with Gasteiger partial charge in [-0.25, -0.2) is 9.79 Å². The minimum Gasteiger partial charge on any atom is -0.444 e. The predicted molar refractivity (Wildman–Crippen MR) is 139 cm³/mol. The first-order valence-electron chi connectivity index (χ1n) is 11.2. The highest BCUT2D eigenvalue weighted by atomic mass is 127. The van der Waals surface area contributed by atoms with Crippen molar-refractivity contribution in [1.29, 1.82) is 0 Å². The number of halogens is 1. The molecular formula is C23H38IN5O3. The number of hydrogen-bond acceptors (Lipinski definition) is 4. The van der Waals surface area contributed by atoms with E-state index in [-0.39, 0.29) is 35.8 Å². The van der Waals surface area contributed by atoms with Gasteiger partial charge < -0.3 is 26.0 Å². The van der Waals surface area contributed by atoms with Crippen molar-refractivity contribution >= 4 is 47.6 Å². The molecule has 1 aliphatic carbocycles. The molecule has 0 atom stereocenters. The summed E-state index contributed by atoms with van der Waals surface area (Å²) in [6.07, 6.45) is 3.45. The molecule has 1 aliphatic rings. The van der Waals surface area contributed by atoms with E-state index in [1.54, 1.807) is 0 Å². The van der Waals surface area contributed by atoms with Gasteiger partial charge in [-0.05, 0) is 64.7 Å². The Bertz CT molecular complexity index is 760. The number of hydrogen-bond donors (Lipinski definition) is 4. The fraction of sp³-hybridized carbons (Fsp3) is 0.609. The molecule has 0 bridgehead atoms. The monoisotopic (exact) mass is 559 g/mol. The predicted octanol–water partition coefficient (Wildman–Crippen LogP) is 4.01. The molecule has 0 radical (unpaired) electrons. The number of carbonyl (C=O) groups excluding carboxylic acids is 2. The lowest BCUT2D eigenvalue weighted by Gasteiger charge is -2.24. The second kappa shape index (κ2) is 14.2. The van der Waals surface area contributed by atoms with Crippen molar-refractivity contribution < 1.29 is 14.3 Å². The average Bonchev–Trinajstić information content (AvgIpc) is 2.63. The molecule has 0 aliphatic heterocycles. The highest BCUT2D eigenvalue weighted by Crippen LogP contribution is 2.27. The first kappa shape index (κ1) is 28.0. The zero-order valence-corrected chi connectivity index (χ0v) is 22.0. The number of nitrogens with one attached hydrogen (secondary N) is 4. The Kier molecular flexibility index (Phi) is 12.4. The van der Waals surface area contributed by atoms with Gasteiger partial charge in [0.25, 0.3) is 0 Å². The molecule has 1 saturated carbocycles. The molecule has 0 aromatic heterocycles. The van der Waals surface area contributed by atoms with Crippen molar-refractivity contribution in [2.75, 3.05) is 25.0 Å². The molecule has 4 N–H and O–H groups in total. The summed E-state index contributed by atoms with van der Waals surface area (Å²) >= 11 is 0. The second-order valence-corrected chi connectivity index (χ2v) is 8.72. The summed E-state index contributed by atoms with van der Waals surface area (Å²) in [5.74, 6) is 0.988. The van der Waals surface area contributed by atoms with Crippen LogP contribution in [-0.4, -0.2) is 43.2 Å². The standard InChI is InChI=1S/C23H37N5O3.HI/c1-5-24-21(25-13-8-14-26-22(30)31-23(2,3)4)27-16-17-9-6-12-19(15-17)28-20(29)18-10-7-11-18;/h6,9,12,15,18H,5,7-8,10-11,13-14,16H2,1-4H3,(H,26,30)(H,28,29)(H2,24,25,27);1H. The Morgan fingerprint density at radius 1 is 1.12 bits per heavy atom. The molecule has 1 aromatic carbocycles. The summed E-state index contributed by atoms with van der Waals surface area (Å²) in [4.78, 5) is 28.4. The van der Waals surface area contributed by atoms with Crippen molar-refractivity contribution in [1.82, 2.24) is 16.0 Å². The maximum Gasteiger partial charge on any atom is 0.407 e. The number of aliphatic imine (C=N–C) groups is 1. The first-order valence-corrected chi connectivity index (χ1v) is 11.2. The molecule has 2 amide bonds. The number of benzene rings is 1. The minimum absolute atomic E-state index is 0. The number of carbonyl (C=O) groups is 2. The maximum atomic E-state index is 12.1. The SMILES string of the molecule is CCNC(=NCc1cccc(NC(=O)C2CCC2)c1)NCCCNC(=O)OC(C)(C)C.I. The van der Waals surface area contributed by atoms with Gasteiger partial charge in [0.05, 0.1) is 6.54 Å². The van der Waals surface area contributed by atoms with E-state index in [9.17, 15) is 9.59 Å². The first-order chi connectivity index (χ1) is 14.8. The van der Waals surface area contributed by atoms with Gasteiger partial charge >= 0.3 is 6.09 Å². The van der Waals surface area contributed by atoms with Crippen molar-refractivity contribution in [3.8, 4) is 0 Å². The number of nitrogens with zero attached hydrogens (tertiary/aromatic N) is 1. The Morgan fingerprint density at radius 3 is 2.47 bits per heavy atom. The van der Waals surface area contributed by atoms with E-state index in [0.717, 1.165) is 43.5 Å². The lowest BCUT2D eigenvalue weighted by atomic mass is 9.85. The number of anilines is 1. The van der Waals surface area contributed by atoms with E-state index >= 15 is 0 Å². The molecule has 180 valence electrons. The van der Waals surface area contributed by atoms with Crippen LogP contribution in [0.1, 0.15) is 58.9 Å². The fourth-order valence-electron chi connectivity index (χ4n) is 2.97. The molecular weight excluding hydrogens is 521 g/mol. The summed E-state index contributed by atoms with van der Waals surface area (Å²) in [6.45, 7) is 9.96. The minimum atomic E-state index is -0.496. The normalized spacial score (nSPS) is 13.9. The molecule has 2 rings (SSSR count). The topological polar surface area (TPSA) is 104 Å². The van der Waals surface area contributed by atoms with Crippen LogP contribution in [0.2, 0.25) is 0 Å². The molecule has 0 spiro atoms. The van der Waals surface area contributed by atoms with Crippen LogP contribution in [0, 0.1) is 5.92 Å². The van der Waals surface area contributed by atoms with Crippen molar-refractivity contribution in [3.05, 3.63) is 29.8 Å². The molecule has 0 unspecified atom stereocenters. The third-order valence-corrected chi connectivity index (χ3v) is 4.75. The fourth-order valence-corrected chi connectivity index (χ4v) is 2.97. The summed E-state index contributed by atoms with van der Waals surface area (Å²) in [7, 11) is 0. The summed E-state index contributed by atoms with van der Waals surface area (Å²) in [5, 5.41) is 12.2. The van der Waals surface area contributed by atoms with E-state index in [2.05, 4.69) is 26.3 Å². The number of guanidine groups is 1. The van der Waals surface area contributed by atoms with Crippen LogP contribution in [0.25, 0.3) is 0 Å². The number of ether oxygens (including phenoxy) is 1. The summed E-state index contributed by atoms with van der Waals surface area (Å²) < 4.78 is 5.21. The largest absolute Gasteiger partial charge is 0.444 e. The number of amides is 2. The van der Waals surface area contributed by atoms with Crippen LogP contribution in [0.4, 0.5) is 10.5 Å². The summed E-state index contributed by atoms with van der Waals surface area (Å²) in [5.41, 5.74) is 1.34. The third-order valence-electron chi connectivity index (χ3n) is 4.75. The van der Waals surface area contributed by atoms with Crippen molar-refractivity contribution in [2.45, 2.75) is 65.5 Å². The highest BCUT2D eigenvalue weighted by molar-refractivity contribution is 14.0. The lowest BCUT2D eigenvalue weighted by Crippen LogP contribution is -2.39. The van der Waals surface area contributed by atoms with Crippen LogP contribution < -0.4 is 21.3 Å². The number of alkyl carbamates (subject to hydrolysis) is 1. The third kappa shape index (κ3) is 11.0. The highest BCUT2D eigenvalue weighted by Gasteiger charge is 2.25. The van der Waals surface area contributed by atoms with Crippen molar-refractivity contribution in [3.63, 3.8) is 0 Å². The average molecular weight is 559 g/mol. The van der Waals surface area contributed by atoms with E-state index in [1.165, 1.54) is 0 Å². The zero-order valence-electron chi connectivity index (χ0n) is 19.6. The molecule has 32 heavy (non-hydrogen) atoms. The Hall–Kier alpha value is -2.04. The van der Waals surface area contributed by atoms with Crippen LogP contribution >= 0.6 is 24.0 Å². The Balaban J connectivity index is 0.00000512. The molecule has 1 fully saturated rings. The number of rotatable bonds is 9. The van der Waals surface area contributed by atoms with E-state index < -0.39 is 11.7 Å². The second-order valence-electron chi connectivity index (χ2n) is 8.72. The van der Waals surface area contributed by atoms with Gasteiger partial charge in [0.1, 0.15) is 5.60 Å². The molecule has 1 aromatic rings. The van der Waals surface area contributed by atoms with Gasteiger partial charge in [0.15, 0.2) is 5.96 Å². The van der Waals surface area contributed by atoms with Gasteiger partial charge in [-0.15, -0.1) is 24.0 Å². The molecule has 0 heterocycles. The Morgan fingerprint density at radius 2 is 1.84 bits per heavy atom. The zero-order chi connectivity index (χ0) is 22.7. The van der Waals surface area contributed by atoms with Gasteiger partial charge in [0, 0.05) is 31.2 Å². The van der Waals surface area contributed by atoms with Crippen molar-refractivity contribution in [2.24, 2.45) is 10.9 Å². The van der Waals surface area contributed by atoms with Gasteiger partial charge in [-0.3, -0.25) is 4.79 Å². The van der Waals surface area contributed by atoms with Gasteiger partial charge in [-0.2, -0.15) is 0 Å². The van der Waals surface area contributed by atoms with Crippen LogP contribution in [-0.2, 0) is 16.1 Å². The van der Waals surface area contributed by atoms with Crippen LogP contribution in [0.3, 0.4) is 0 Å². The molecule has 0 saturated heterocycles. The maximum absolute atomic E-state index is 12.1. The van der Waals surface area contributed by atoms with E-state index in [1.807, 2.05) is 52.0 Å². The Labute approximate surface area is 208 Å². The summed E-state index contributed by atoms with van der Waals surface area (Å²) in [6, 6.07) is 7.81. The van der Waals surface area contributed by atoms with Crippen LogP contribution in [0.15, 0.2) is 29.3 Å². The smallest absolute Gasteiger partial charge is 0.407 e. The van der Waals surface area contributed by atoms with Crippen LogP contribution in [0.5, 0.6) is 0 Å². The van der Waals surface area contributed by atoms with E-state index in [0.29, 0.717) is 25.6 Å². The quantitative estimate of drug-likeness (QED) is 0.159. The lowest BCUT2D eigenvalue weighted by molar-refractivity contribution is -0.122. The van der Waals surface area contributed by atoms with Gasteiger partial charge in [0.2, 0.25) is 5.91 Å².